The molecule has 1 N–H and O–H groups in total. The van der Waals surface area contributed by atoms with Crippen LogP contribution in [0.5, 0.6) is 11.5 Å². The summed E-state index contributed by atoms with van der Waals surface area (Å²) in [6, 6.07) is 13.3. The number of nitrogens with one attached hydrogen (secondary N) is 1. The van der Waals surface area contributed by atoms with E-state index in [2.05, 4.69) is 41.9 Å². The van der Waals surface area contributed by atoms with Gasteiger partial charge < -0.3 is 14.0 Å². The van der Waals surface area contributed by atoms with Gasteiger partial charge in [0, 0.05) is 23.1 Å². The van der Waals surface area contributed by atoms with Crippen LogP contribution in [0.15, 0.2) is 48.0 Å². The van der Waals surface area contributed by atoms with Crippen LogP contribution in [0.3, 0.4) is 0 Å². The number of anilines is 1. The van der Waals surface area contributed by atoms with E-state index in [4.69, 9.17) is 21.7 Å². The quantitative estimate of drug-likeness (QED) is 0.323. The lowest BCUT2D eigenvalue weighted by atomic mass is 10.1. The Morgan fingerprint density at radius 3 is 2.31 bits per heavy atom. The first-order valence-electron chi connectivity index (χ1n) is 11.1. The van der Waals surface area contributed by atoms with Gasteiger partial charge in [0.05, 0.1) is 19.9 Å². The van der Waals surface area contributed by atoms with Gasteiger partial charge in [-0.1, -0.05) is 6.07 Å². The highest BCUT2D eigenvalue weighted by Gasteiger charge is 2.36. The zero-order valence-corrected chi connectivity index (χ0v) is 21.4. The highest BCUT2D eigenvalue weighted by Crippen LogP contribution is 2.34. The standard InChI is InChI=1S/C27H27N3O4S/c1-15-7-8-20(11-16(15)2)29-17(3)12-19(18(29)4)13-22-25(31)28-27(35)30(26(22)32)23-10-9-21(33-5)14-24(23)34-6/h7-14H,1-6H3,(H,28,31,35)/b22-13+. The smallest absolute Gasteiger partial charge is 0.270 e. The maximum absolute atomic E-state index is 13.5. The van der Waals surface area contributed by atoms with Gasteiger partial charge in [0.2, 0.25) is 0 Å². The second-order valence-corrected chi connectivity index (χ2v) is 8.81. The lowest BCUT2D eigenvalue weighted by Crippen LogP contribution is -2.54. The molecule has 1 aromatic heterocycles. The zero-order valence-electron chi connectivity index (χ0n) is 20.6. The number of nitrogens with zero attached hydrogens (tertiary/aromatic N) is 2. The highest BCUT2D eigenvalue weighted by atomic mass is 32.1. The molecule has 8 heteroatoms. The van der Waals surface area contributed by atoms with E-state index in [1.807, 2.05) is 19.9 Å². The minimum Gasteiger partial charge on any atom is -0.497 e. The van der Waals surface area contributed by atoms with Gasteiger partial charge in [-0.25, -0.2) is 4.90 Å². The molecule has 2 aromatic carbocycles. The van der Waals surface area contributed by atoms with Crippen LogP contribution >= 0.6 is 12.2 Å². The molecule has 1 saturated heterocycles. The summed E-state index contributed by atoms with van der Waals surface area (Å²) >= 11 is 5.34. The topological polar surface area (TPSA) is 72.8 Å². The minimum atomic E-state index is -0.542. The molecular formula is C27H27N3O4S. The van der Waals surface area contributed by atoms with Crippen LogP contribution < -0.4 is 19.7 Å². The molecule has 2 heterocycles. The fourth-order valence-electron chi connectivity index (χ4n) is 4.20. The lowest BCUT2D eigenvalue weighted by molar-refractivity contribution is -0.122. The Balaban J connectivity index is 1.78. The molecule has 4 rings (SSSR count). The predicted octanol–water partition coefficient (Wildman–Crippen LogP) is 4.56. The minimum absolute atomic E-state index is 0.0128. The average molecular weight is 490 g/mol. The molecule has 1 aliphatic heterocycles. The zero-order chi connectivity index (χ0) is 25.4. The van der Waals surface area contributed by atoms with Crippen molar-refractivity contribution < 1.29 is 19.1 Å². The van der Waals surface area contributed by atoms with E-state index in [1.165, 1.54) is 23.1 Å². The maximum atomic E-state index is 13.5. The number of hydrogen-bond donors (Lipinski definition) is 1. The first-order chi connectivity index (χ1) is 16.7. The van der Waals surface area contributed by atoms with Crippen molar-refractivity contribution in [2.24, 2.45) is 0 Å². The van der Waals surface area contributed by atoms with Crippen molar-refractivity contribution in [3.63, 3.8) is 0 Å². The summed E-state index contributed by atoms with van der Waals surface area (Å²) in [5.74, 6) is -0.110. The molecule has 1 fully saturated rings. The van der Waals surface area contributed by atoms with Crippen LogP contribution in [0.1, 0.15) is 28.1 Å². The molecule has 180 valence electrons. The monoisotopic (exact) mass is 489 g/mol. The molecule has 0 saturated carbocycles. The van der Waals surface area contributed by atoms with Crippen LogP contribution in [-0.2, 0) is 9.59 Å². The van der Waals surface area contributed by atoms with Gasteiger partial charge in [-0.3, -0.25) is 14.9 Å². The first kappa shape index (κ1) is 24.2. The number of aryl methyl sites for hydroxylation is 3. The van der Waals surface area contributed by atoms with Gasteiger partial charge in [-0.2, -0.15) is 0 Å². The molecule has 0 bridgehead atoms. The summed E-state index contributed by atoms with van der Waals surface area (Å²) in [4.78, 5) is 27.6. The molecule has 0 spiro atoms. The molecule has 1 aliphatic rings. The Bertz CT molecular complexity index is 1400. The van der Waals surface area contributed by atoms with Gasteiger partial charge in [-0.05, 0) is 93.0 Å². The van der Waals surface area contributed by atoms with Crippen LogP contribution in [0.25, 0.3) is 11.8 Å². The van der Waals surface area contributed by atoms with Crippen LogP contribution in [0.2, 0.25) is 0 Å². The Morgan fingerprint density at radius 1 is 0.914 bits per heavy atom. The number of carbonyl (C=O) groups is 2. The van der Waals surface area contributed by atoms with Gasteiger partial charge in [-0.15, -0.1) is 0 Å². The van der Waals surface area contributed by atoms with Crippen molar-refractivity contribution in [1.29, 1.82) is 0 Å². The third-order valence-electron chi connectivity index (χ3n) is 6.25. The second kappa shape index (κ2) is 9.38. The number of amides is 2. The number of hydrogen-bond acceptors (Lipinski definition) is 5. The molecule has 35 heavy (non-hydrogen) atoms. The predicted molar refractivity (Wildman–Crippen MR) is 140 cm³/mol. The third kappa shape index (κ3) is 4.33. The summed E-state index contributed by atoms with van der Waals surface area (Å²) < 4.78 is 12.8. The number of rotatable bonds is 5. The van der Waals surface area contributed by atoms with Gasteiger partial charge in [0.15, 0.2) is 5.11 Å². The van der Waals surface area contributed by atoms with Crippen molar-refractivity contribution in [2.75, 3.05) is 19.1 Å². The summed E-state index contributed by atoms with van der Waals surface area (Å²) in [5.41, 5.74) is 6.51. The lowest BCUT2D eigenvalue weighted by Gasteiger charge is -2.30. The maximum Gasteiger partial charge on any atom is 0.270 e. The van der Waals surface area contributed by atoms with Crippen molar-refractivity contribution in [3.8, 4) is 17.2 Å². The number of benzene rings is 2. The van der Waals surface area contributed by atoms with Crippen LogP contribution in [0, 0.1) is 27.7 Å². The average Bonchev–Trinajstić information content (AvgIpc) is 3.11. The van der Waals surface area contributed by atoms with Gasteiger partial charge in [0.1, 0.15) is 17.1 Å². The fourth-order valence-corrected chi connectivity index (χ4v) is 4.47. The number of carbonyl (C=O) groups excluding carboxylic acids is 2. The van der Waals surface area contributed by atoms with Crippen LogP contribution in [-0.4, -0.2) is 35.7 Å². The molecule has 0 atom stereocenters. The van der Waals surface area contributed by atoms with Crippen molar-refractivity contribution in [3.05, 3.63) is 76.1 Å². The SMILES string of the molecule is COc1ccc(N2C(=O)/C(=C/c3cc(C)n(-c4ccc(C)c(C)c4)c3C)C(=O)NC2=S)c(OC)c1. The Morgan fingerprint density at radius 2 is 1.66 bits per heavy atom. The van der Waals surface area contributed by atoms with Crippen LogP contribution in [0.4, 0.5) is 5.69 Å². The summed E-state index contributed by atoms with van der Waals surface area (Å²) in [5, 5.41) is 2.62. The summed E-state index contributed by atoms with van der Waals surface area (Å²) in [7, 11) is 3.04. The molecule has 0 unspecified atom stereocenters. The molecule has 2 amide bonds. The van der Waals surface area contributed by atoms with Gasteiger partial charge in [0.25, 0.3) is 11.8 Å². The van der Waals surface area contributed by atoms with E-state index in [9.17, 15) is 9.59 Å². The van der Waals surface area contributed by atoms with E-state index < -0.39 is 11.8 Å². The molecule has 3 aromatic rings. The number of methoxy groups -OCH3 is 2. The number of thiocarbonyl (C=S) groups is 1. The molecule has 0 aliphatic carbocycles. The highest BCUT2D eigenvalue weighted by molar-refractivity contribution is 7.80. The van der Waals surface area contributed by atoms with E-state index in [0.717, 1.165) is 22.6 Å². The van der Waals surface area contributed by atoms with E-state index >= 15 is 0 Å². The van der Waals surface area contributed by atoms with E-state index in [0.29, 0.717) is 17.2 Å². The van der Waals surface area contributed by atoms with E-state index in [1.54, 1.807) is 31.4 Å². The van der Waals surface area contributed by atoms with Crippen molar-refractivity contribution in [1.82, 2.24) is 9.88 Å². The summed E-state index contributed by atoms with van der Waals surface area (Å²) in [6.45, 7) is 8.11. The normalized spacial score (nSPS) is 15.0. The Labute approximate surface area is 210 Å². The largest absolute Gasteiger partial charge is 0.497 e. The molecule has 7 nitrogen and oxygen atoms in total. The number of ether oxygens (including phenoxy) is 2. The second-order valence-electron chi connectivity index (χ2n) is 8.43. The van der Waals surface area contributed by atoms with Crippen molar-refractivity contribution in [2.45, 2.75) is 27.7 Å². The van der Waals surface area contributed by atoms with E-state index in [-0.39, 0.29) is 10.7 Å². The third-order valence-corrected chi connectivity index (χ3v) is 6.53. The fraction of sp³-hybridized carbons (Fsp3) is 0.222. The number of aromatic nitrogens is 1. The Kier molecular flexibility index (Phi) is 6.49. The molecular weight excluding hydrogens is 462 g/mol. The van der Waals surface area contributed by atoms with Crippen molar-refractivity contribution >= 4 is 40.9 Å². The first-order valence-corrected chi connectivity index (χ1v) is 11.5. The Hall–Kier alpha value is -3.91. The summed E-state index contributed by atoms with van der Waals surface area (Å²) in [6.07, 6.45) is 1.61. The van der Waals surface area contributed by atoms with Gasteiger partial charge >= 0.3 is 0 Å². The molecule has 0 radical (unpaired) electrons.